The fraction of sp³-hybridized carbons (Fsp3) is 0.214. The molecule has 0 bridgehead atoms. The summed E-state index contributed by atoms with van der Waals surface area (Å²) in [6.45, 7) is 2.03. The average Bonchev–Trinajstić information content (AvgIpc) is 2.46. The van der Waals surface area contributed by atoms with Crippen molar-refractivity contribution in [3.05, 3.63) is 56.7 Å². The first kappa shape index (κ1) is 15.1. The summed E-state index contributed by atoms with van der Waals surface area (Å²) in [7, 11) is 1.54. The standard InChI is InChI=1S/C14H14ClN3O3/c1-9-6-12(18(19)20)14(16-7-9)17-8-10-11(15)4-3-5-13(10)21-2/h3-7H,8H2,1-2H3,(H,16,17). The van der Waals surface area contributed by atoms with Crippen LogP contribution in [0.5, 0.6) is 5.75 Å². The highest BCUT2D eigenvalue weighted by atomic mass is 35.5. The Morgan fingerprint density at radius 2 is 2.24 bits per heavy atom. The van der Waals surface area contributed by atoms with Crippen molar-refractivity contribution >= 4 is 23.1 Å². The molecule has 0 unspecified atom stereocenters. The zero-order chi connectivity index (χ0) is 15.4. The molecule has 0 saturated carbocycles. The summed E-state index contributed by atoms with van der Waals surface area (Å²) >= 11 is 6.13. The smallest absolute Gasteiger partial charge is 0.311 e. The minimum atomic E-state index is -0.466. The zero-order valence-corrected chi connectivity index (χ0v) is 12.3. The maximum atomic E-state index is 11.1. The van der Waals surface area contributed by atoms with Gasteiger partial charge in [0.25, 0.3) is 0 Å². The fourth-order valence-corrected chi connectivity index (χ4v) is 2.14. The topological polar surface area (TPSA) is 77.3 Å². The first-order valence-electron chi connectivity index (χ1n) is 6.19. The van der Waals surface area contributed by atoms with Gasteiger partial charge in [-0.25, -0.2) is 4.98 Å². The normalized spacial score (nSPS) is 10.2. The largest absolute Gasteiger partial charge is 0.496 e. The number of hydrogen-bond donors (Lipinski definition) is 1. The fourth-order valence-electron chi connectivity index (χ4n) is 1.90. The van der Waals surface area contributed by atoms with E-state index in [1.54, 1.807) is 38.4 Å². The number of aromatic nitrogens is 1. The van der Waals surface area contributed by atoms with E-state index in [4.69, 9.17) is 16.3 Å². The molecular formula is C14H14ClN3O3. The predicted molar refractivity (Wildman–Crippen MR) is 81.0 cm³/mol. The Labute approximate surface area is 126 Å². The monoisotopic (exact) mass is 307 g/mol. The number of pyridine rings is 1. The zero-order valence-electron chi connectivity index (χ0n) is 11.6. The van der Waals surface area contributed by atoms with Crippen molar-refractivity contribution in [2.75, 3.05) is 12.4 Å². The molecule has 110 valence electrons. The van der Waals surface area contributed by atoms with E-state index in [1.165, 1.54) is 6.07 Å². The molecule has 0 spiro atoms. The van der Waals surface area contributed by atoms with E-state index in [0.29, 0.717) is 10.8 Å². The van der Waals surface area contributed by atoms with Gasteiger partial charge < -0.3 is 10.1 Å². The van der Waals surface area contributed by atoms with Crippen molar-refractivity contribution in [1.82, 2.24) is 4.98 Å². The van der Waals surface area contributed by atoms with Crippen molar-refractivity contribution < 1.29 is 9.66 Å². The SMILES string of the molecule is COc1cccc(Cl)c1CNc1ncc(C)cc1[N+](=O)[O-]. The molecule has 0 atom stereocenters. The van der Waals surface area contributed by atoms with Crippen LogP contribution >= 0.6 is 11.6 Å². The van der Waals surface area contributed by atoms with Crippen LogP contribution in [0.15, 0.2) is 30.5 Å². The van der Waals surface area contributed by atoms with Crippen molar-refractivity contribution in [1.29, 1.82) is 0 Å². The Bertz CT molecular complexity index is 677. The highest BCUT2D eigenvalue weighted by Crippen LogP contribution is 2.28. The molecular weight excluding hydrogens is 294 g/mol. The van der Waals surface area contributed by atoms with Crippen LogP contribution in [0.25, 0.3) is 0 Å². The molecule has 0 aliphatic heterocycles. The first-order valence-corrected chi connectivity index (χ1v) is 6.57. The number of methoxy groups -OCH3 is 1. The van der Waals surface area contributed by atoms with Crippen molar-refractivity contribution in [2.45, 2.75) is 13.5 Å². The molecule has 1 aromatic carbocycles. The summed E-state index contributed by atoms with van der Waals surface area (Å²) in [6, 6.07) is 6.76. The molecule has 0 saturated heterocycles. The second kappa shape index (κ2) is 6.41. The summed E-state index contributed by atoms with van der Waals surface area (Å²) in [5.41, 5.74) is 1.38. The minimum absolute atomic E-state index is 0.0685. The third-order valence-corrected chi connectivity index (χ3v) is 3.28. The number of nitrogens with one attached hydrogen (secondary N) is 1. The number of anilines is 1. The lowest BCUT2D eigenvalue weighted by molar-refractivity contribution is -0.384. The Balaban J connectivity index is 2.27. The molecule has 0 amide bonds. The number of halogens is 1. The molecule has 1 aromatic heterocycles. The Morgan fingerprint density at radius 1 is 1.48 bits per heavy atom. The predicted octanol–water partition coefficient (Wildman–Crippen LogP) is 3.57. The molecule has 0 aliphatic rings. The first-order chi connectivity index (χ1) is 10.0. The van der Waals surface area contributed by atoms with Gasteiger partial charge in [-0.2, -0.15) is 0 Å². The van der Waals surface area contributed by atoms with Crippen LogP contribution in [0.2, 0.25) is 5.02 Å². The van der Waals surface area contributed by atoms with Gasteiger partial charge in [-0.05, 0) is 24.6 Å². The third-order valence-electron chi connectivity index (χ3n) is 2.93. The second-order valence-electron chi connectivity index (χ2n) is 4.41. The summed E-state index contributed by atoms with van der Waals surface area (Å²) < 4.78 is 5.23. The molecule has 0 fully saturated rings. The lowest BCUT2D eigenvalue weighted by Crippen LogP contribution is -2.06. The van der Waals surface area contributed by atoms with E-state index in [2.05, 4.69) is 10.3 Å². The second-order valence-corrected chi connectivity index (χ2v) is 4.82. The van der Waals surface area contributed by atoms with Crippen LogP contribution in [0.1, 0.15) is 11.1 Å². The van der Waals surface area contributed by atoms with Gasteiger partial charge in [0, 0.05) is 29.4 Å². The van der Waals surface area contributed by atoms with Gasteiger partial charge in [-0.3, -0.25) is 10.1 Å². The molecule has 1 heterocycles. The number of nitro groups is 1. The molecule has 0 aliphatic carbocycles. The highest BCUT2D eigenvalue weighted by Gasteiger charge is 2.16. The highest BCUT2D eigenvalue weighted by molar-refractivity contribution is 6.31. The maximum Gasteiger partial charge on any atom is 0.311 e. The quantitative estimate of drug-likeness (QED) is 0.675. The van der Waals surface area contributed by atoms with E-state index in [-0.39, 0.29) is 18.1 Å². The summed E-state index contributed by atoms with van der Waals surface area (Å²) in [4.78, 5) is 14.6. The van der Waals surface area contributed by atoms with Gasteiger partial charge >= 0.3 is 5.69 Å². The average molecular weight is 308 g/mol. The number of ether oxygens (including phenoxy) is 1. The van der Waals surface area contributed by atoms with Crippen LogP contribution in [-0.2, 0) is 6.54 Å². The van der Waals surface area contributed by atoms with Gasteiger partial charge in [-0.15, -0.1) is 0 Å². The molecule has 2 rings (SSSR count). The Morgan fingerprint density at radius 3 is 2.90 bits per heavy atom. The van der Waals surface area contributed by atoms with Crippen molar-refractivity contribution in [3.8, 4) is 5.75 Å². The van der Waals surface area contributed by atoms with Crippen LogP contribution in [0.4, 0.5) is 11.5 Å². The van der Waals surface area contributed by atoms with Crippen molar-refractivity contribution in [2.24, 2.45) is 0 Å². The van der Waals surface area contributed by atoms with Crippen LogP contribution < -0.4 is 10.1 Å². The van der Waals surface area contributed by atoms with E-state index < -0.39 is 4.92 Å². The van der Waals surface area contributed by atoms with E-state index in [9.17, 15) is 10.1 Å². The molecule has 2 aromatic rings. The van der Waals surface area contributed by atoms with Crippen molar-refractivity contribution in [3.63, 3.8) is 0 Å². The van der Waals surface area contributed by atoms with E-state index >= 15 is 0 Å². The number of nitrogens with zero attached hydrogens (tertiary/aromatic N) is 2. The number of hydrogen-bond acceptors (Lipinski definition) is 5. The number of rotatable bonds is 5. The lowest BCUT2D eigenvalue weighted by Gasteiger charge is -2.12. The van der Waals surface area contributed by atoms with Gasteiger partial charge in [0.2, 0.25) is 5.82 Å². The Kier molecular flexibility index (Phi) is 4.59. The molecule has 6 nitrogen and oxygen atoms in total. The molecule has 1 N–H and O–H groups in total. The summed E-state index contributed by atoms with van der Waals surface area (Å²) in [5, 5.41) is 14.5. The van der Waals surface area contributed by atoms with Crippen LogP contribution in [0.3, 0.4) is 0 Å². The summed E-state index contributed by atoms with van der Waals surface area (Å²) in [6.07, 6.45) is 1.57. The summed E-state index contributed by atoms with van der Waals surface area (Å²) in [5.74, 6) is 0.817. The molecule has 7 heteroatoms. The van der Waals surface area contributed by atoms with Crippen LogP contribution in [-0.4, -0.2) is 17.0 Å². The maximum absolute atomic E-state index is 11.1. The van der Waals surface area contributed by atoms with Crippen LogP contribution in [0, 0.1) is 17.0 Å². The lowest BCUT2D eigenvalue weighted by atomic mass is 10.2. The molecule has 0 radical (unpaired) electrons. The third kappa shape index (κ3) is 3.41. The van der Waals surface area contributed by atoms with E-state index in [1.807, 2.05) is 0 Å². The Hall–Kier alpha value is -2.34. The minimum Gasteiger partial charge on any atom is -0.496 e. The number of aryl methyl sites for hydroxylation is 1. The number of benzene rings is 1. The van der Waals surface area contributed by atoms with Gasteiger partial charge in [-0.1, -0.05) is 17.7 Å². The van der Waals surface area contributed by atoms with Gasteiger partial charge in [0.15, 0.2) is 0 Å². The van der Waals surface area contributed by atoms with E-state index in [0.717, 1.165) is 11.1 Å². The van der Waals surface area contributed by atoms with Gasteiger partial charge in [0.1, 0.15) is 5.75 Å². The molecule has 21 heavy (non-hydrogen) atoms. The van der Waals surface area contributed by atoms with Gasteiger partial charge in [0.05, 0.1) is 12.0 Å².